The Kier molecular flexibility index (Phi) is 4.33. The number of nitrogens with zero attached hydrogens (tertiary/aromatic N) is 9. The Labute approximate surface area is 179 Å². The maximum atomic E-state index is 9.63. The first-order valence-corrected chi connectivity index (χ1v) is 10.2. The minimum absolute atomic E-state index is 0.208. The summed E-state index contributed by atoms with van der Waals surface area (Å²) in [5, 5.41) is 32.0. The fourth-order valence-corrected chi connectivity index (χ4v) is 4.59. The first kappa shape index (κ1) is 19.0. The van der Waals surface area contributed by atoms with Crippen LogP contribution in [0.15, 0.2) is 43.2 Å². The maximum absolute atomic E-state index is 9.63. The highest BCUT2D eigenvalue weighted by Gasteiger charge is 2.50. The molecule has 0 amide bonds. The van der Waals surface area contributed by atoms with E-state index < -0.39 is 0 Å². The molecule has 0 bridgehead atoms. The van der Waals surface area contributed by atoms with Crippen LogP contribution in [-0.2, 0) is 12.6 Å². The van der Waals surface area contributed by atoms with Crippen LogP contribution in [0.25, 0.3) is 28.0 Å². The molecule has 154 valence electrons. The average molecular weight is 411 g/mol. The smallest absolute Gasteiger partial charge is 0.0999 e. The Bertz CT molecular complexity index is 1340. The van der Waals surface area contributed by atoms with Crippen molar-refractivity contribution in [2.24, 2.45) is 18.9 Å². The van der Waals surface area contributed by atoms with E-state index in [1.807, 2.05) is 47.8 Å². The van der Waals surface area contributed by atoms with Gasteiger partial charge in [0.15, 0.2) is 0 Å². The van der Waals surface area contributed by atoms with Gasteiger partial charge in [-0.3, -0.25) is 9.36 Å². The number of aromatic nitrogens is 7. The van der Waals surface area contributed by atoms with E-state index >= 15 is 0 Å². The quantitative estimate of drug-likeness (QED) is 0.498. The monoisotopic (exact) mass is 411 g/mol. The van der Waals surface area contributed by atoms with Crippen LogP contribution in [0.5, 0.6) is 0 Å². The second-order valence-corrected chi connectivity index (χ2v) is 8.30. The van der Waals surface area contributed by atoms with Crippen LogP contribution in [-0.4, -0.2) is 34.2 Å². The molecule has 4 aromatic heterocycles. The third-order valence-electron chi connectivity index (χ3n) is 6.37. The fourth-order valence-electron chi connectivity index (χ4n) is 4.59. The van der Waals surface area contributed by atoms with Gasteiger partial charge in [-0.05, 0) is 31.7 Å². The zero-order chi connectivity index (χ0) is 21.6. The predicted molar refractivity (Wildman–Crippen MR) is 112 cm³/mol. The molecule has 1 fully saturated rings. The Morgan fingerprint density at radius 1 is 1.13 bits per heavy atom. The third kappa shape index (κ3) is 2.98. The number of hydrogen-bond donors (Lipinski definition) is 0. The van der Waals surface area contributed by atoms with E-state index in [2.05, 4.69) is 27.4 Å². The molecule has 0 unspecified atom stereocenters. The number of aryl methyl sites for hydroxylation is 1. The zero-order valence-corrected chi connectivity index (χ0v) is 17.3. The molecule has 1 aliphatic carbocycles. The van der Waals surface area contributed by atoms with Gasteiger partial charge >= 0.3 is 0 Å². The topological polar surface area (TPSA) is 113 Å². The molecule has 5 rings (SSSR count). The van der Waals surface area contributed by atoms with Gasteiger partial charge in [0.25, 0.3) is 0 Å². The van der Waals surface area contributed by atoms with Gasteiger partial charge in [-0.2, -0.15) is 25.8 Å². The largest absolute Gasteiger partial charge is 0.275 e. The average Bonchev–Trinajstić information content (AvgIpc) is 3.49. The summed E-state index contributed by atoms with van der Waals surface area (Å²) < 4.78 is 5.46. The summed E-state index contributed by atoms with van der Waals surface area (Å²) in [6, 6.07) is 6.57. The SMILES string of the molecule is C[C@@H](C#N)C1(n2cc(-c3nc(-c4cnn(C)c4)cn4nccc34)cn2)CC(CC#N)C1. The van der Waals surface area contributed by atoms with Crippen molar-refractivity contribution in [3.05, 3.63) is 43.2 Å². The van der Waals surface area contributed by atoms with Gasteiger partial charge in [-0.15, -0.1) is 0 Å². The molecule has 1 atom stereocenters. The number of hydrogen-bond acceptors (Lipinski definition) is 6. The van der Waals surface area contributed by atoms with Crippen molar-refractivity contribution in [2.45, 2.75) is 31.7 Å². The zero-order valence-electron chi connectivity index (χ0n) is 17.3. The van der Waals surface area contributed by atoms with E-state index in [-0.39, 0.29) is 11.5 Å². The Morgan fingerprint density at radius 3 is 2.65 bits per heavy atom. The van der Waals surface area contributed by atoms with Crippen molar-refractivity contribution in [3.8, 4) is 34.7 Å². The van der Waals surface area contributed by atoms with Gasteiger partial charge in [0.2, 0.25) is 0 Å². The van der Waals surface area contributed by atoms with Gasteiger partial charge < -0.3 is 0 Å². The van der Waals surface area contributed by atoms with E-state index in [1.54, 1.807) is 23.3 Å². The van der Waals surface area contributed by atoms with Gasteiger partial charge in [0.1, 0.15) is 0 Å². The van der Waals surface area contributed by atoms with Gasteiger partial charge in [0, 0.05) is 37.0 Å². The lowest BCUT2D eigenvalue weighted by Crippen LogP contribution is -2.51. The van der Waals surface area contributed by atoms with E-state index in [0.29, 0.717) is 12.3 Å². The Balaban J connectivity index is 1.57. The van der Waals surface area contributed by atoms with Crippen LogP contribution < -0.4 is 0 Å². The van der Waals surface area contributed by atoms with Crippen LogP contribution in [0.1, 0.15) is 26.2 Å². The van der Waals surface area contributed by atoms with Gasteiger partial charge in [-0.25, -0.2) is 9.50 Å². The van der Waals surface area contributed by atoms with Crippen molar-refractivity contribution in [2.75, 3.05) is 0 Å². The number of nitriles is 2. The van der Waals surface area contributed by atoms with Crippen LogP contribution in [0.2, 0.25) is 0 Å². The summed E-state index contributed by atoms with van der Waals surface area (Å²) in [6.07, 6.45) is 13.2. The molecular weight excluding hydrogens is 390 g/mol. The lowest BCUT2D eigenvalue weighted by molar-refractivity contribution is 0.0228. The summed E-state index contributed by atoms with van der Waals surface area (Å²) >= 11 is 0. The first-order valence-electron chi connectivity index (χ1n) is 10.2. The van der Waals surface area contributed by atoms with E-state index in [1.165, 1.54) is 0 Å². The number of fused-ring (bicyclic) bond motifs is 1. The van der Waals surface area contributed by atoms with Crippen molar-refractivity contribution in [3.63, 3.8) is 0 Å². The Morgan fingerprint density at radius 2 is 1.94 bits per heavy atom. The summed E-state index contributed by atoms with van der Waals surface area (Å²) in [4.78, 5) is 4.90. The Hall–Kier alpha value is -3.98. The molecule has 9 heteroatoms. The highest BCUT2D eigenvalue weighted by atomic mass is 15.3. The molecule has 0 aliphatic heterocycles. The maximum Gasteiger partial charge on any atom is 0.0999 e. The van der Waals surface area contributed by atoms with Crippen LogP contribution in [0.3, 0.4) is 0 Å². The highest BCUT2D eigenvalue weighted by Crippen LogP contribution is 2.50. The third-order valence-corrected chi connectivity index (χ3v) is 6.37. The highest BCUT2D eigenvalue weighted by molar-refractivity contribution is 5.78. The summed E-state index contributed by atoms with van der Waals surface area (Å²) in [6.45, 7) is 1.93. The summed E-state index contributed by atoms with van der Waals surface area (Å²) in [5.74, 6) is 0.0990. The molecule has 0 saturated heterocycles. The molecule has 0 N–H and O–H groups in total. The molecule has 31 heavy (non-hydrogen) atoms. The summed E-state index contributed by atoms with van der Waals surface area (Å²) in [7, 11) is 1.87. The molecule has 0 aromatic carbocycles. The van der Waals surface area contributed by atoms with Crippen molar-refractivity contribution < 1.29 is 0 Å². The van der Waals surface area contributed by atoms with Crippen molar-refractivity contribution in [1.82, 2.24) is 34.2 Å². The van der Waals surface area contributed by atoms with Crippen LogP contribution in [0.4, 0.5) is 0 Å². The van der Waals surface area contributed by atoms with Gasteiger partial charge in [0.05, 0.1) is 65.3 Å². The van der Waals surface area contributed by atoms with Gasteiger partial charge in [-0.1, -0.05) is 0 Å². The molecular formula is C22H21N9. The van der Waals surface area contributed by atoms with Crippen molar-refractivity contribution in [1.29, 1.82) is 10.5 Å². The van der Waals surface area contributed by atoms with E-state index in [0.717, 1.165) is 40.9 Å². The van der Waals surface area contributed by atoms with Crippen molar-refractivity contribution >= 4 is 5.52 Å². The van der Waals surface area contributed by atoms with E-state index in [4.69, 9.17) is 10.2 Å². The van der Waals surface area contributed by atoms with Crippen LogP contribution in [0, 0.1) is 34.5 Å². The molecule has 1 aliphatic rings. The molecule has 0 spiro atoms. The number of rotatable bonds is 5. The molecule has 1 saturated carbocycles. The minimum Gasteiger partial charge on any atom is -0.275 e. The normalized spacial score (nSPS) is 21.4. The fraction of sp³-hybridized carbons (Fsp3) is 0.364. The second kappa shape index (κ2) is 7.06. The minimum atomic E-state index is -0.383. The molecule has 0 radical (unpaired) electrons. The molecule has 9 nitrogen and oxygen atoms in total. The predicted octanol–water partition coefficient (Wildman–Crippen LogP) is 3.17. The second-order valence-electron chi connectivity index (χ2n) is 8.30. The van der Waals surface area contributed by atoms with E-state index in [9.17, 15) is 5.26 Å². The lowest BCUT2D eigenvalue weighted by atomic mass is 9.62. The molecule has 4 heterocycles. The van der Waals surface area contributed by atoms with Crippen LogP contribution >= 0.6 is 0 Å². The molecule has 4 aromatic rings. The first-order chi connectivity index (χ1) is 15.0. The standard InChI is InChI=1S/C22H21N9/c1-15(9-24)22(7-16(8-22)3-5-23)31-13-18(11-27-31)21-20-4-6-25-30(20)14-19(28-21)17-10-26-29(2)12-17/h4,6,10-16H,3,7-8H2,1-2H3/t15-,16?,22?/m0/s1. The lowest BCUT2D eigenvalue weighted by Gasteiger charge is -2.49. The summed E-state index contributed by atoms with van der Waals surface area (Å²) in [5.41, 5.74) is 3.81.